The molecule has 0 saturated carbocycles. The zero-order valence-electron chi connectivity index (χ0n) is 19.7. The number of pyridine rings is 1. The van der Waals surface area contributed by atoms with Crippen LogP contribution >= 0.6 is 0 Å². The maximum absolute atomic E-state index is 13.5. The highest BCUT2D eigenvalue weighted by molar-refractivity contribution is 6.00. The monoisotopic (exact) mass is 476 g/mol. The van der Waals surface area contributed by atoms with Gasteiger partial charge in [0.25, 0.3) is 0 Å². The second-order valence-corrected chi connectivity index (χ2v) is 8.71. The molecule has 0 unspecified atom stereocenters. The summed E-state index contributed by atoms with van der Waals surface area (Å²) in [6.07, 6.45) is 5.44. The summed E-state index contributed by atoms with van der Waals surface area (Å²) in [6.45, 7) is 1.92. The van der Waals surface area contributed by atoms with Gasteiger partial charge in [-0.2, -0.15) is 5.10 Å². The molecule has 0 radical (unpaired) electrons. The number of aryl methyl sites for hydroxylation is 1. The third kappa shape index (κ3) is 3.82. The van der Waals surface area contributed by atoms with Crippen LogP contribution in [0.2, 0.25) is 0 Å². The molecule has 6 aromatic rings. The van der Waals surface area contributed by atoms with Crippen molar-refractivity contribution in [2.75, 3.05) is 0 Å². The van der Waals surface area contributed by atoms with E-state index in [4.69, 9.17) is 10.1 Å². The van der Waals surface area contributed by atoms with Crippen LogP contribution in [0.15, 0.2) is 79.3 Å². The Hall–Kier alpha value is -4.72. The molecule has 36 heavy (non-hydrogen) atoms. The molecule has 0 atom stereocenters. The Morgan fingerprint density at radius 2 is 1.81 bits per heavy atom. The van der Waals surface area contributed by atoms with Crippen molar-refractivity contribution in [1.82, 2.24) is 29.1 Å². The minimum atomic E-state index is -0.298. The highest BCUT2D eigenvalue weighted by atomic mass is 19.1. The van der Waals surface area contributed by atoms with Gasteiger partial charge in [0.05, 0.1) is 29.7 Å². The number of fused-ring (bicyclic) bond motifs is 2. The fourth-order valence-electron chi connectivity index (χ4n) is 4.38. The molecule has 4 heterocycles. The molecule has 2 aromatic carbocycles. The number of rotatable bonds is 5. The molecule has 0 amide bonds. The third-order valence-electron chi connectivity index (χ3n) is 6.35. The van der Waals surface area contributed by atoms with Crippen molar-refractivity contribution in [3.8, 4) is 22.6 Å². The summed E-state index contributed by atoms with van der Waals surface area (Å²) in [5.41, 5.74) is 4.96. The van der Waals surface area contributed by atoms with Crippen LogP contribution in [0.25, 0.3) is 39.1 Å². The van der Waals surface area contributed by atoms with Crippen molar-refractivity contribution in [1.29, 1.82) is 0 Å². The zero-order chi connectivity index (χ0) is 24.8. The van der Waals surface area contributed by atoms with Crippen LogP contribution in [0.3, 0.4) is 0 Å². The Morgan fingerprint density at radius 3 is 2.64 bits per heavy atom. The van der Waals surface area contributed by atoms with Gasteiger partial charge in [-0.1, -0.05) is 12.1 Å². The highest BCUT2D eigenvalue weighted by Gasteiger charge is 2.19. The summed E-state index contributed by atoms with van der Waals surface area (Å²) in [4.78, 5) is 26.4. The van der Waals surface area contributed by atoms with Crippen LogP contribution in [0.1, 0.15) is 21.9 Å². The van der Waals surface area contributed by atoms with Crippen LogP contribution in [-0.4, -0.2) is 34.9 Å². The largest absolute Gasteiger partial charge is 0.330 e. The van der Waals surface area contributed by atoms with E-state index in [1.807, 2.05) is 54.9 Å². The van der Waals surface area contributed by atoms with E-state index >= 15 is 0 Å². The number of hydrogen-bond acceptors (Lipinski definition) is 5. The first-order chi connectivity index (χ1) is 17.5. The predicted molar refractivity (Wildman–Crippen MR) is 135 cm³/mol. The van der Waals surface area contributed by atoms with Gasteiger partial charge < -0.3 is 4.57 Å². The number of Topliss-reactive ketones (excluding diaryl/α,β-unsaturated/α-hetero) is 1. The molecule has 0 N–H and O–H groups in total. The molecule has 0 bridgehead atoms. The quantitative estimate of drug-likeness (QED) is 0.319. The van der Waals surface area contributed by atoms with Gasteiger partial charge in [0.1, 0.15) is 17.3 Å². The molecule has 0 aliphatic rings. The van der Waals surface area contributed by atoms with Gasteiger partial charge in [-0.3, -0.25) is 9.78 Å². The van der Waals surface area contributed by atoms with Crippen LogP contribution in [0.4, 0.5) is 4.39 Å². The Kier molecular flexibility index (Phi) is 5.14. The SMILES string of the molecule is Cc1nc(-c2ccc(F)cc2)c(-c2ccc3nc(CC(=O)c4ccc5cnccc5c4)cn3n2)n1C. The zero-order valence-corrected chi connectivity index (χ0v) is 19.7. The minimum absolute atomic E-state index is 0.0156. The van der Waals surface area contributed by atoms with Crippen LogP contribution in [0.5, 0.6) is 0 Å². The predicted octanol–water partition coefficient (Wildman–Crippen LogP) is 5.22. The van der Waals surface area contributed by atoms with Gasteiger partial charge in [-0.05, 0) is 60.8 Å². The number of carbonyl (C=O) groups excluding carboxylic acids is 1. The summed E-state index contributed by atoms with van der Waals surface area (Å²) < 4.78 is 17.1. The molecular weight excluding hydrogens is 455 g/mol. The lowest BCUT2D eigenvalue weighted by atomic mass is 10.0. The van der Waals surface area contributed by atoms with E-state index in [1.54, 1.807) is 35.2 Å². The molecule has 6 rings (SSSR count). The van der Waals surface area contributed by atoms with Gasteiger partial charge in [0, 0.05) is 36.0 Å². The van der Waals surface area contributed by atoms with Crippen LogP contribution in [-0.2, 0) is 13.5 Å². The van der Waals surface area contributed by atoms with Gasteiger partial charge >= 0.3 is 0 Å². The second-order valence-electron chi connectivity index (χ2n) is 8.71. The lowest BCUT2D eigenvalue weighted by Crippen LogP contribution is -2.03. The van der Waals surface area contributed by atoms with Crippen molar-refractivity contribution < 1.29 is 9.18 Å². The Morgan fingerprint density at radius 1 is 0.972 bits per heavy atom. The normalized spacial score (nSPS) is 11.4. The molecule has 4 aromatic heterocycles. The minimum Gasteiger partial charge on any atom is -0.330 e. The maximum Gasteiger partial charge on any atom is 0.168 e. The van der Waals surface area contributed by atoms with Gasteiger partial charge in [-0.15, -0.1) is 0 Å². The van der Waals surface area contributed by atoms with E-state index < -0.39 is 0 Å². The number of benzene rings is 2. The van der Waals surface area contributed by atoms with Crippen LogP contribution in [0, 0.1) is 12.7 Å². The van der Waals surface area contributed by atoms with E-state index in [2.05, 4.69) is 9.97 Å². The first kappa shape index (κ1) is 21.8. The number of ketones is 1. The molecule has 0 aliphatic carbocycles. The first-order valence-electron chi connectivity index (χ1n) is 11.5. The van der Waals surface area contributed by atoms with Crippen molar-refractivity contribution in [2.45, 2.75) is 13.3 Å². The number of nitrogens with zero attached hydrogens (tertiary/aromatic N) is 6. The summed E-state index contributed by atoms with van der Waals surface area (Å²) in [7, 11) is 1.92. The average Bonchev–Trinajstić information content (AvgIpc) is 3.43. The Labute approximate surface area is 205 Å². The highest BCUT2D eigenvalue weighted by Crippen LogP contribution is 2.31. The number of halogens is 1. The summed E-state index contributed by atoms with van der Waals surface area (Å²) in [5, 5.41) is 6.73. The molecule has 0 aliphatic heterocycles. The van der Waals surface area contributed by atoms with E-state index in [9.17, 15) is 9.18 Å². The van der Waals surface area contributed by atoms with Gasteiger partial charge in [-0.25, -0.2) is 18.9 Å². The van der Waals surface area contributed by atoms with E-state index in [1.165, 1.54) is 12.1 Å². The molecule has 0 fully saturated rings. The Balaban J connectivity index is 1.33. The topological polar surface area (TPSA) is 78.0 Å². The summed E-state index contributed by atoms with van der Waals surface area (Å²) in [6, 6.07) is 17.5. The molecular formula is C28H21FN6O. The maximum atomic E-state index is 13.5. The second kappa shape index (κ2) is 8.49. The molecule has 7 nitrogen and oxygen atoms in total. The number of aromatic nitrogens is 6. The lowest BCUT2D eigenvalue weighted by molar-refractivity contribution is 0.0992. The van der Waals surface area contributed by atoms with Gasteiger partial charge in [0.2, 0.25) is 0 Å². The average molecular weight is 477 g/mol. The number of hydrogen-bond donors (Lipinski definition) is 0. The van der Waals surface area contributed by atoms with E-state index in [0.717, 1.165) is 33.5 Å². The van der Waals surface area contributed by atoms with Gasteiger partial charge in [0.15, 0.2) is 11.4 Å². The summed E-state index contributed by atoms with van der Waals surface area (Å²) in [5.74, 6) is 0.501. The van der Waals surface area contributed by atoms with Crippen molar-refractivity contribution in [3.05, 3.63) is 102 Å². The lowest BCUT2D eigenvalue weighted by Gasteiger charge is -2.07. The van der Waals surface area contributed by atoms with E-state index in [0.29, 0.717) is 22.6 Å². The van der Waals surface area contributed by atoms with E-state index in [-0.39, 0.29) is 18.0 Å². The molecule has 176 valence electrons. The van der Waals surface area contributed by atoms with Crippen molar-refractivity contribution in [2.24, 2.45) is 7.05 Å². The fourth-order valence-corrected chi connectivity index (χ4v) is 4.38. The first-order valence-corrected chi connectivity index (χ1v) is 11.5. The fraction of sp³-hybridized carbons (Fsp3) is 0.107. The molecule has 0 spiro atoms. The Bertz CT molecular complexity index is 1770. The number of imidazole rings is 2. The van der Waals surface area contributed by atoms with Crippen molar-refractivity contribution >= 4 is 22.2 Å². The van der Waals surface area contributed by atoms with Crippen LogP contribution < -0.4 is 0 Å². The van der Waals surface area contributed by atoms with Crippen molar-refractivity contribution in [3.63, 3.8) is 0 Å². The molecule has 8 heteroatoms. The summed E-state index contributed by atoms with van der Waals surface area (Å²) >= 11 is 0. The smallest absolute Gasteiger partial charge is 0.168 e. The third-order valence-corrected chi connectivity index (χ3v) is 6.35. The standard InChI is InChI=1S/C28H21FN6O/c1-17-31-27(18-5-7-22(29)8-6-18)28(34(17)2)24-9-10-26-32-23(16-35(26)33-24)14-25(36)20-3-4-21-15-30-12-11-19(21)13-20/h3-13,15-16H,14H2,1-2H3. The molecule has 0 saturated heterocycles. The number of carbonyl (C=O) groups is 1.